The average molecular weight is 355 g/mol. The molecule has 7 heteroatoms. The van der Waals surface area contributed by atoms with E-state index >= 15 is 0 Å². The molecule has 3 rings (SSSR count). The first-order valence-corrected chi connectivity index (χ1v) is 8.59. The maximum atomic E-state index is 13.0. The Labute approximate surface area is 152 Å². The first-order chi connectivity index (χ1) is 12.6. The number of halogens is 1. The predicted octanol–water partition coefficient (Wildman–Crippen LogP) is 1.88. The van der Waals surface area contributed by atoms with E-state index in [1.165, 1.54) is 12.1 Å². The molecule has 26 heavy (non-hydrogen) atoms. The van der Waals surface area contributed by atoms with Crippen molar-refractivity contribution in [1.29, 1.82) is 0 Å². The van der Waals surface area contributed by atoms with Crippen molar-refractivity contribution >= 4 is 17.3 Å². The van der Waals surface area contributed by atoms with Crippen molar-refractivity contribution in [3.05, 3.63) is 60.2 Å². The third-order valence-electron chi connectivity index (χ3n) is 4.32. The second-order valence-electron chi connectivity index (χ2n) is 6.19. The number of pyridine rings is 1. The van der Waals surface area contributed by atoms with E-state index in [1.807, 2.05) is 25.1 Å². The normalized spacial score (nSPS) is 15.8. The zero-order valence-electron chi connectivity index (χ0n) is 14.7. The number of rotatable bonds is 5. The van der Waals surface area contributed by atoms with Gasteiger partial charge in [0.2, 0.25) is 0 Å². The molecule has 0 radical (unpaired) electrons. The Morgan fingerprint density at radius 3 is 2.54 bits per heavy atom. The van der Waals surface area contributed by atoms with Crippen LogP contribution in [0.4, 0.5) is 10.1 Å². The number of hydrazone groups is 1. The summed E-state index contributed by atoms with van der Waals surface area (Å²) in [5.74, 6) is -0.374. The summed E-state index contributed by atoms with van der Waals surface area (Å²) in [4.78, 5) is 20.6. The van der Waals surface area contributed by atoms with Crippen molar-refractivity contribution in [3.8, 4) is 0 Å². The predicted molar refractivity (Wildman–Crippen MR) is 99.6 cm³/mol. The monoisotopic (exact) mass is 355 g/mol. The molecular formula is C19H22FN5O. The van der Waals surface area contributed by atoms with E-state index in [-0.39, 0.29) is 11.7 Å². The summed E-state index contributed by atoms with van der Waals surface area (Å²) in [5, 5.41) is 4.11. The highest BCUT2D eigenvalue weighted by atomic mass is 19.1. The van der Waals surface area contributed by atoms with Gasteiger partial charge in [0, 0.05) is 38.1 Å². The minimum Gasteiger partial charge on any atom is -0.369 e. The highest BCUT2D eigenvalue weighted by molar-refractivity contribution is 5.97. The molecule has 6 nitrogen and oxygen atoms in total. The lowest BCUT2D eigenvalue weighted by atomic mass is 10.2. The van der Waals surface area contributed by atoms with Crippen LogP contribution in [0.2, 0.25) is 0 Å². The maximum absolute atomic E-state index is 13.0. The zero-order chi connectivity index (χ0) is 18.4. The van der Waals surface area contributed by atoms with E-state index in [4.69, 9.17) is 0 Å². The zero-order valence-corrected chi connectivity index (χ0v) is 14.7. The Kier molecular flexibility index (Phi) is 5.91. The largest absolute Gasteiger partial charge is 0.369 e. The molecule has 1 N–H and O–H groups in total. The van der Waals surface area contributed by atoms with Crippen molar-refractivity contribution in [2.45, 2.75) is 6.92 Å². The Bertz CT molecular complexity index is 755. The lowest BCUT2D eigenvalue weighted by molar-refractivity contribution is -0.122. The van der Waals surface area contributed by atoms with Crippen LogP contribution >= 0.6 is 0 Å². The van der Waals surface area contributed by atoms with Gasteiger partial charge in [-0.25, -0.2) is 9.82 Å². The van der Waals surface area contributed by atoms with Crippen LogP contribution in [-0.2, 0) is 4.79 Å². The summed E-state index contributed by atoms with van der Waals surface area (Å²) in [6, 6.07) is 12.1. The fourth-order valence-corrected chi connectivity index (χ4v) is 2.83. The van der Waals surface area contributed by atoms with Crippen LogP contribution in [0.5, 0.6) is 0 Å². The molecule has 1 fully saturated rings. The summed E-state index contributed by atoms with van der Waals surface area (Å²) in [7, 11) is 0. The molecule has 0 bridgehead atoms. The highest BCUT2D eigenvalue weighted by Gasteiger charge is 2.19. The van der Waals surface area contributed by atoms with E-state index in [9.17, 15) is 9.18 Å². The first kappa shape index (κ1) is 18.0. The van der Waals surface area contributed by atoms with Gasteiger partial charge in [0.25, 0.3) is 5.91 Å². The number of piperazine rings is 1. The van der Waals surface area contributed by atoms with Gasteiger partial charge in [0.1, 0.15) is 5.82 Å². The minimum atomic E-state index is -0.231. The number of nitrogens with zero attached hydrogens (tertiary/aromatic N) is 4. The molecule has 1 aromatic carbocycles. The van der Waals surface area contributed by atoms with E-state index in [0.29, 0.717) is 12.3 Å². The van der Waals surface area contributed by atoms with Gasteiger partial charge in [-0.2, -0.15) is 5.10 Å². The molecule has 136 valence electrons. The molecule has 2 heterocycles. The first-order valence-electron chi connectivity index (χ1n) is 8.59. The van der Waals surface area contributed by atoms with Crippen molar-refractivity contribution in [1.82, 2.24) is 15.3 Å². The van der Waals surface area contributed by atoms with Crippen LogP contribution in [0.15, 0.2) is 53.8 Å². The number of carbonyl (C=O) groups excluding carboxylic acids is 1. The third kappa shape index (κ3) is 4.86. The standard InChI is InChI=1S/C19H22FN5O/c1-15(18-4-2-3-9-21-18)22-23-19(26)14-24-10-12-25(13-11-24)17-7-5-16(20)6-8-17/h2-9H,10-14H2,1H3,(H,23,26)/b22-15+. The van der Waals surface area contributed by atoms with Gasteiger partial charge < -0.3 is 4.90 Å². The minimum absolute atomic E-state index is 0.143. The molecule has 1 saturated heterocycles. The van der Waals surface area contributed by atoms with Gasteiger partial charge in [-0.1, -0.05) is 6.07 Å². The fraction of sp³-hybridized carbons (Fsp3) is 0.316. The molecule has 0 saturated carbocycles. The molecule has 1 aliphatic rings. The van der Waals surface area contributed by atoms with Gasteiger partial charge in [0.15, 0.2) is 0 Å². The van der Waals surface area contributed by atoms with Crippen LogP contribution < -0.4 is 10.3 Å². The highest BCUT2D eigenvalue weighted by Crippen LogP contribution is 2.16. The van der Waals surface area contributed by atoms with Crippen LogP contribution in [0.25, 0.3) is 0 Å². The van der Waals surface area contributed by atoms with E-state index in [2.05, 4.69) is 25.3 Å². The van der Waals surface area contributed by atoms with E-state index in [1.54, 1.807) is 18.3 Å². The van der Waals surface area contributed by atoms with E-state index in [0.717, 1.165) is 37.6 Å². The summed E-state index contributed by atoms with van der Waals surface area (Å²) < 4.78 is 13.0. The Hall–Kier alpha value is -2.80. The lowest BCUT2D eigenvalue weighted by Crippen LogP contribution is -2.49. The average Bonchev–Trinajstić information content (AvgIpc) is 2.68. The van der Waals surface area contributed by atoms with Crippen molar-refractivity contribution in [3.63, 3.8) is 0 Å². The third-order valence-corrected chi connectivity index (χ3v) is 4.32. The van der Waals surface area contributed by atoms with Gasteiger partial charge in [-0.15, -0.1) is 0 Å². The molecule has 0 spiro atoms. The Morgan fingerprint density at radius 2 is 1.88 bits per heavy atom. The summed E-state index contributed by atoms with van der Waals surface area (Å²) in [6.07, 6.45) is 1.69. The van der Waals surface area contributed by atoms with Crippen molar-refractivity contribution in [2.75, 3.05) is 37.6 Å². The van der Waals surface area contributed by atoms with Crippen LogP contribution in [0.1, 0.15) is 12.6 Å². The number of benzene rings is 1. The SMILES string of the molecule is C/C(=N\NC(=O)CN1CCN(c2ccc(F)cc2)CC1)c1ccccn1. The lowest BCUT2D eigenvalue weighted by Gasteiger charge is -2.35. The molecule has 1 aromatic heterocycles. The quantitative estimate of drug-likeness (QED) is 0.657. The van der Waals surface area contributed by atoms with Crippen LogP contribution in [0, 0.1) is 5.82 Å². The van der Waals surface area contributed by atoms with Gasteiger partial charge in [-0.3, -0.25) is 14.7 Å². The van der Waals surface area contributed by atoms with Crippen LogP contribution in [0.3, 0.4) is 0 Å². The van der Waals surface area contributed by atoms with Crippen molar-refractivity contribution in [2.24, 2.45) is 5.10 Å². The molecule has 0 atom stereocenters. The molecule has 0 aliphatic carbocycles. The number of hydrogen-bond donors (Lipinski definition) is 1. The van der Waals surface area contributed by atoms with E-state index < -0.39 is 0 Å². The molecule has 1 amide bonds. The topological polar surface area (TPSA) is 60.8 Å². The smallest absolute Gasteiger partial charge is 0.254 e. The van der Waals surface area contributed by atoms with Gasteiger partial charge in [-0.05, 0) is 43.3 Å². The number of amides is 1. The second-order valence-corrected chi connectivity index (χ2v) is 6.19. The Morgan fingerprint density at radius 1 is 1.15 bits per heavy atom. The summed E-state index contributed by atoms with van der Waals surface area (Å²) in [6.45, 7) is 5.26. The molecule has 2 aromatic rings. The summed E-state index contributed by atoms with van der Waals surface area (Å²) in [5.41, 5.74) is 5.00. The second kappa shape index (κ2) is 8.53. The maximum Gasteiger partial charge on any atom is 0.254 e. The van der Waals surface area contributed by atoms with Gasteiger partial charge in [0.05, 0.1) is 18.0 Å². The Balaban J connectivity index is 1.45. The summed E-state index contributed by atoms with van der Waals surface area (Å²) >= 11 is 0. The number of nitrogens with one attached hydrogen (secondary N) is 1. The molecule has 0 unspecified atom stereocenters. The number of aromatic nitrogens is 1. The number of carbonyl (C=O) groups is 1. The fourth-order valence-electron chi connectivity index (χ4n) is 2.83. The number of anilines is 1. The van der Waals surface area contributed by atoms with Crippen molar-refractivity contribution < 1.29 is 9.18 Å². The van der Waals surface area contributed by atoms with Gasteiger partial charge >= 0.3 is 0 Å². The molecular weight excluding hydrogens is 333 g/mol. The molecule has 1 aliphatic heterocycles. The van der Waals surface area contributed by atoms with Crippen LogP contribution in [-0.4, -0.2) is 54.2 Å². The number of hydrogen-bond acceptors (Lipinski definition) is 5.